The molecule has 0 aliphatic rings. The van der Waals surface area contributed by atoms with E-state index in [9.17, 15) is 5.11 Å². The molecule has 0 aliphatic carbocycles. The summed E-state index contributed by atoms with van der Waals surface area (Å²) in [6.07, 6.45) is 0.279. The van der Waals surface area contributed by atoms with Crippen molar-refractivity contribution in [2.24, 2.45) is 0 Å². The Morgan fingerprint density at radius 2 is 2.00 bits per heavy atom. The minimum atomic E-state index is -1.50. The zero-order valence-electron chi connectivity index (χ0n) is 11.7. The molecule has 1 rings (SSSR count). The van der Waals surface area contributed by atoms with Crippen molar-refractivity contribution in [1.29, 1.82) is 0 Å². The molecule has 96 valence electrons. The molecule has 1 heterocycles. The lowest BCUT2D eigenvalue weighted by Crippen LogP contribution is -2.40. The van der Waals surface area contributed by atoms with Gasteiger partial charge in [0.25, 0.3) is 0 Å². The van der Waals surface area contributed by atoms with E-state index in [1.54, 1.807) is 7.11 Å². The van der Waals surface area contributed by atoms with Crippen LogP contribution in [0.3, 0.4) is 0 Å². The quantitative estimate of drug-likeness (QED) is 0.838. The number of hydrogen-bond acceptors (Lipinski definition) is 3. The van der Waals surface area contributed by atoms with E-state index in [1.807, 2.05) is 13.8 Å². The molecule has 17 heavy (non-hydrogen) atoms. The summed E-state index contributed by atoms with van der Waals surface area (Å²) in [7, 11) is 0.134. The van der Waals surface area contributed by atoms with Gasteiger partial charge in [0.15, 0.2) is 0 Å². The SMILES string of the molecule is CC[C@H](O)c1cc([Si](C)(C)C)nc(OC)c1C. The first kappa shape index (κ1) is 14.2. The fourth-order valence-corrected chi connectivity index (χ4v) is 2.78. The Bertz CT molecular complexity index is 399. The van der Waals surface area contributed by atoms with Crippen LogP contribution in [0, 0.1) is 6.92 Å². The van der Waals surface area contributed by atoms with Gasteiger partial charge in [0.2, 0.25) is 5.88 Å². The first-order valence-corrected chi connectivity index (χ1v) is 9.55. The van der Waals surface area contributed by atoms with Crippen LogP contribution in [-0.2, 0) is 0 Å². The van der Waals surface area contributed by atoms with Crippen molar-refractivity contribution in [2.45, 2.75) is 46.0 Å². The smallest absolute Gasteiger partial charge is 0.216 e. The van der Waals surface area contributed by atoms with Gasteiger partial charge in [-0.3, -0.25) is 0 Å². The monoisotopic (exact) mass is 253 g/mol. The number of rotatable bonds is 4. The van der Waals surface area contributed by atoms with Gasteiger partial charge < -0.3 is 9.84 Å². The normalized spacial score (nSPS) is 13.6. The molecule has 0 bridgehead atoms. The van der Waals surface area contributed by atoms with E-state index in [2.05, 4.69) is 30.7 Å². The average molecular weight is 253 g/mol. The third-order valence-electron chi connectivity index (χ3n) is 2.98. The second-order valence-corrected chi connectivity index (χ2v) is 10.4. The maximum atomic E-state index is 10.1. The van der Waals surface area contributed by atoms with Crippen LogP contribution >= 0.6 is 0 Å². The minimum Gasteiger partial charge on any atom is -0.481 e. The molecule has 0 amide bonds. The molecule has 1 aromatic heterocycles. The predicted molar refractivity (Wildman–Crippen MR) is 73.8 cm³/mol. The maximum Gasteiger partial charge on any atom is 0.216 e. The highest BCUT2D eigenvalue weighted by Crippen LogP contribution is 2.25. The van der Waals surface area contributed by atoms with E-state index in [4.69, 9.17) is 4.74 Å². The third-order valence-corrected chi connectivity index (χ3v) is 4.77. The number of pyridine rings is 1. The Hall–Kier alpha value is -0.873. The summed E-state index contributed by atoms with van der Waals surface area (Å²) in [4.78, 5) is 4.57. The van der Waals surface area contributed by atoms with Gasteiger partial charge in [-0.2, -0.15) is 0 Å². The number of aromatic nitrogens is 1. The number of ether oxygens (including phenoxy) is 1. The van der Waals surface area contributed by atoms with Crippen LogP contribution in [0.15, 0.2) is 6.07 Å². The highest BCUT2D eigenvalue weighted by molar-refractivity contribution is 6.88. The molecule has 3 nitrogen and oxygen atoms in total. The largest absolute Gasteiger partial charge is 0.481 e. The number of aliphatic hydroxyl groups is 1. The van der Waals surface area contributed by atoms with E-state index in [0.29, 0.717) is 12.3 Å². The molecule has 1 aromatic rings. The van der Waals surface area contributed by atoms with Crippen molar-refractivity contribution < 1.29 is 9.84 Å². The Balaban J connectivity index is 3.39. The van der Waals surface area contributed by atoms with Crippen molar-refractivity contribution in [3.63, 3.8) is 0 Å². The lowest BCUT2D eigenvalue weighted by atomic mass is 10.0. The highest BCUT2D eigenvalue weighted by atomic mass is 28.3. The van der Waals surface area contributed by atoms with Crippen LogP contribution in [0.2, 0.25) is 19.6 Å². The van der Waals surface area contributed by atoms with Gasteiger partial charge in [-0.25, -0.2) is 4.98 Å². The first-order chi connectivity index (χ1) is 7.81. The summed E-state index contributed by atoms with van der Waals surface area (Å²) in [6.45, 7) is 10.7. The molecule has 0 radical (unpaired) electrons. The summed E-state index contributed by atoms with van der Waals surface area (Å²) in [5.41, 5.74) is 1.90. The van der Waals surface area contributed by atoms with Crippen LogP contribution in [0.4, 0.5) is 0 Å². The van der Waals surface area contributed by atoms with Crippen molar-refractivity contribution in [2.75, 3.05) is 7.11 Å². The molecule has 0 unspecified atom stereocenters. The van der Waals surface area contributed by atoms with Crippen LogP contribution in [0.5, 0.6) is 5.88 Å². The summed E-state index contributed by atoms with van der Waals surface area (Å²) in [5.74, 6) is 0.646. The standard InChI is InChI=1S/C13H23NO2Si/c1-7-11(15)10-8-12(17(4,5)6)14-13(16-3)9(10)2/h8,11,15H,7H2,1-6H3/t11-/m0/s1. The zero-order valence-corrected chi connectivity index (χ0v) is 12.7. The van der Waals surface area contributed by atoms with E-state index < -0.39 is 14.2 Å². The summed E-state index contributed by atoms with van der Waals surface area (Å²) in [6, 6.07) is 2.05. The Kier molecular flexibility index (Phi) is 4.33. The average Bonchev–Trinajstić information content (AvgIpc) is 2.26. The number of hydrogen-bond donors (Lipinski definition) is 1. The highest BCUT2D eigenvalue weighted by Gasteiger charge is 2.23. The van der Waals surface area contributed by atoms with Crippen LogP contribution in [0.1, 0.15) is 30.6 Å². The second-order valence-electron chi connectivity index (χ2n) is 5.41. The molecule has 0 spiro atoms. The van der Waals surface area contributed by atoms with E-state index in [0.717, 1.165) is 16.4 Å². The fourth-order valence-electron chi connectivity index (χ4n) is 1.75. The minimum absolute atomic E-state index is 0.429. The Morgan fingerprint density at radius 3 is 2.41 bits per heavy atom. The van der Waals surface area contributed by atoms with Gasteiger partial charge in [-0.05, 0) is 25.0 Å². The van der Waals surface area contributed by atoms with Gasteiger partial charge in [-0.1, -0.05) is 26.6 Å². The molecule has 0 saturated carbocycles. The van der Waals surface area contributed by atoms with Crippen molar-refractivity contribution in [3.8, 4) is 5.88 Å². The van der Waals surface area contributed by atoms with Crippen LogP contribution < -0.4 is 10.1 Å². The van der Waals surface area contributed by atoms with Crippen molar-refractivity contribution in [1.82, 2.24) is 4.98 Å². The van der Waals surface area contributed by atoms with Crippen LogP contribution in [0.25, 0.3) is 0 Å². The molecule has 1 atom stereocenters. The number of methoxy groups -OCH3 is 1. The maximum absolute atomic E-state index is 10.1. The van der Waals surface area contributed by atoms with Gasteiger partial charge in [0, 0.05) is 10.9 Å². The third kappa shape index (κ3) is 3.07. The first-order valence-electron chi connectivity index (χ1n) is 6.05. The fraction of sp³-hybridized carbons (Fsp3) is 0.615. The molecule has 0 fully saturated rings. The molecular weight excluding hydrogens is 230 g/mol. The van der Waals surface area contributed by atoms with Gasteiger partial charge >= 0.3 is 0 Å². The summed E-state index contributed by atoms with van der Waals surface area (Å²) < 4.78 is 5.32. The topological polar surface area (TPSA) is 42.4 Å². The van der Waals surface area contributed by atoms with E-state index in [-0.39, 0.29) is 0 Å². The van der Waals surface area contributed by atoms with Gasteiger partial charge in [0.1, 0.15) is 8.07 Å². The molecule has 1 N–H and O–H groups in total. The van der Waals surface area contributed by atoms with Crippen LogP contribution in [-0.4, -0.2) is 25.3 Å². The summed E-state index contributed by atoms with van der Waals surface area (Å²) >= 11 is 0. The predicted octanol–water partition coefficient (Wildman–Crippen LogP) is 2.39. The number of nitrogens with zero attached hydrogens (tertiary/aromatic N) is 1. The Labute approximate surface area is 105 Å². The van der Waals surface area contributed by atoms with Crippen molar-refractivity contribution >= 4 is 13.4 Å². The molecule has 0 saturated heterocycles. The lowest BCUT2D eigenvalue weighted by molar-refractivity contribution is 0.172. The lowest BCUT2D eigenvalue weighted by Gasteiger charge is -2.21. The summed E-state index contributed by atoms with van der Waals surface area (Å²) in [5, 5.41) is 11.1. The van der Waals surface area contributed by atoms with Crippen molar-refractivity contribution in [3.05, 3.63) is 17.2 Å². The van der Waals surface area contributed by atoms with E-state index >= 15 is 0 Å². The van der Waals surface area contributed by atoms with Gasteiger partial charge in [0.05, 0.1) is 13.2 Å². The van der Waals surface area contributed by atoms with E-state index in [1.165, 1.54) is 0 Å². The van der Waals surface area contributed by atoms with Gasteiger partial charge in [-0.15, -0.1) is 0 Å². The molecule has 4 heteroatoms. The second kappa shape index (κ2) is 5.19. The molecular formula is C13H23NO2Si. The number of aliphatic hydroxyl groups excluding tert-OH is 1. The molecule has 0 aromatic carbocycles. The molecule has 0 aliphatic heterocycles. The zero-order chi connectivity index (χ0) is 13.2. The Morgan fingerprint density at radius 1 is 1.41 bits per heavy atom.